The standard InChI is InChI=1S/C18H21F3N2O4/c19-18(20,21)27-15-3-1-2-14(9-15)23-11-13(8-16(23)24)17(25)22-10-12-4-6-26-7-5-12/h1-3,9,12-13H,4-8,10-11H2,(H,22,25)/t13-/m1/s1. The van der Waals surface area contributed by atoms with Gasteiger partial charge in [-0.25, -0.2) is 0 Å². The number of nitrogens with zero attached hydrogens (tertiary/aromatic N) is 1. The number of hydrogen-bond donors (Lipinski definition) is 1. The van der Waals surface area contributed by atoms with E-state index in [1.807, 2.05) is 0 Å². The SMILES string of the molecule is O=C(NCC1CCOCC1)[C@@H]1CC(=O)N(c2cccc(OC(F)(F)F)c2)C1. The molecule has 2 aliphatic rings. The Morgan fingerprint density at radius 2 is 2.04 bits per heavy atom. The van der Waals surface area contributed by atoms with Gasteiger partial charge in [0.15, 0.2) is 0 Å². The summed E-state index contributed by atoms with van der Waals surface area (Å²) in [7, 11) is 0. The van der Waals surface area contributed by atoms with Gasteiger partial charge in [0.2, 0.25) is 11.8 Å². The Morgan fingerprint density at radius 1 is 1.30 bits per heavy atom. The van der Waals surface area contributed by atoms with Crippen LogP contribution < -0.4 is 15.0 Å². The molecule has 0 spiro atoms. The Balaban J connectivity index is 1.58. The number of benzene rings is 1. The fourth-order valence-corrected chi connectivity index (χ4v) is 3.32. The number of carbonyl (C=O) groups excluding carboxylic acids is 2. The Labute approximate surface area is 154 Å². The van der Waals surface area contributed by atoms with Gasteiger partial charge in [0.05, 0.1) is 5.92 Å². The van der Waals surface area contributed by atoms with E-state index in [-0.39, 0.29) is 30.5 Å². The third kappa shape index (κ3) is 5.35. The van der Waals surface area contributed by atoms with Gasteiger partial charge in [-0.05, 0) is 30.9 Å². The number of carbonyl (C=O) groups is 2. The van der Waals surface area contributed by atoms with Crippen LogP contribution in [-0.4, -0.2) is 44.5 Å². The second-order valence-electron chi connectivity index (χ2n) is 6.75. The van der Waals surface area contributed by atoms with Crippen molar-refractivity contribution in [3.05, 3.63) is 24.3 Å². The highest BCUT2D eigenvalue weighted by atomic mass is 19.4. The van der Waals surface area contributed by atoms with E-state index in [1.54, 1.807) is 0 Å². The minimum Gasteiger partial charge on any atom is -0.406 e. The van der Waals surface area contributed by atoms with Crippen molar-refractivity contribution in [2.75, 3.05) is 31.2 Å². The summed E-state index contributed by atoms with van der Waals surface area (Å²) in [5.74, 6) is -1.07. The zero-order valence-electron chi connectivity index (χ0n) is 14.6. The van der Waals surface area contributed by atoms with Crippen LogP contribution in [0, 0.1) is 11.8 Å². The van der Waals surface area contributed by atoms with Crippen LogP contribution in [0.5, 0.6) is 5.75 Å². The van der Waals surface area contributed by atoms with E-state index in [4.69, 9.17) is 4.74 Å². The Bertz CT molecular complexity index is 689. The molecule has 3 rings (SSSR count). The van der Waals surface area contributed by atoms with E-state index in [9.17, 15) is 22.8 Å². The van der Waals surface area contributed by atoms with Gasteiger partial charge in [0, 0.05) is 44.5 Å². The summed E-state index contributed by atoms with van der Waals surface area (Å²) in [5, 5.41) is 2.88. The summed E-state index contributed by atoms with van der Waals surface area (Å²) >= 11 is 0. The Kier molecular flexibility index (Phi) is 5.88. The lowest BCUT2D eigenvalue weighted by atomic mass is 10.00. The minimum absolute atomic E-state index is 0.0317. The van der Waals surface area contributed by atoms with Crippen molar-refractivity contribution in [2.45, 2.75) is 25.6 Å². The first kappa shape index (κ1) is 19.5. The van der Waals surface area contributed by atoms with Crippen molar-refractivity contribution in [3.63, 3.8) is 0 Å². The van der Waals surface area contributed by atoms with Crippen molar-refractivity contribution in [1.82, 2.24) is 5.32 Å². The third-order valence-corrected chi connectivity index (χ3v) is 4.76. The topological polar surface area (TPSA) is 67.9 Å². The maximum atomic E-state index is 12.4. The highest BCUT2D eigenvalue weighted by molar-refractivity contribution is 6.00. The van der Waals surface area contributed by atoms with E-state index in [1.165, 1.54) is 17.0 Å². The maximum Gasteiger partial charge on any atom is 0.573 e. The van der Waals surface area contributed by atoms with Crippen molar-refractivity contribution >= 4 is 17.5 Å². The van der Waals surface area contributed by atoms with Crippen LogP contribution in [0.1, 0.15) is 19.3 Å². The molecule has 2 aliphatic heterocycles. The molecule has 6 nitrogen and oxygen atoms in total. The molecule has 1 N–H and O–H groups in total. The molecule has 9 heteroatoms. The number of ether oxygens (including phenoxy) is 2. The molecule has 0 bridgehead atoms. The molecule has 1 aromatic carbocycles. The summed E-state index contributed by atoms with van der Waals surface area (Å²) in [4.78, 5) is 26.0. The maximum absolute atomic E-state index is 12.4. The first-order valence-electron chi connectivity index (χ1n) is 8.83. The van der Waals surface area contributed by atoms with Gasteiger partial charge in [0.1, 0.15) is 5.75 Å². The number of hydrogen-bond acceptors (Lipinski definition) is 4. The van der Waals surface area contributed by atoms with Crippen molar-refractivity contribution in [3.8, 4) is 5.75 Å². The molecule has 2 saturated heterocycles. The second kappa shape index (κ2) is 8.16. The van der Waals surface area contributed by atoms with E-state index < -0.39 is 18.0 Å². The van der Waals surface area contributed by atoms with Crippen LogP contribution in [0.2, 0.25) is 0 Å². The van der Waals surface area contributed by atoms with Crippen LogP contribution >= 0.6 is 0 Å². The lowest BCUT2D eigenvalue weighted by Gasteiger charge is -2.23. The molecule has 148 valence electrons. The summed E-state index contributed by atoms with van der Waals surface area (Å²) in [6.45, 7) is 2.05. The quantitative estimate of drug-likeness (QED) is 0.844. The van der Waals surface area contributed by atoms with Crippen LogP contribution in [0.3, 0.4) is 0 Å². The minimum atomic E-state index is -4.81. The normalized spacial score (nSPS) is 21.4. The predicted molar refractivity (Wildman–Crippen MR) is 90.1 cm³/mol. The van der Waals surface area contributed by atoms with E-state index in [2.05, 4.69) is 10.1 Å². The van der Waals surface area contributed by atoms with Crippen LogP contribution in [0.15, 0.2) is 24.3 Å². The van der Waals surface area contributed by atoms with Gasteiger partial charge in [-0.2, -0.15) is 0 Å². The fourth-order valence-electron chi connectivity index (χ4n) is 3.32. The summed E-state index contributed by atoms with van der Waals surface area (Å²) < 4.78 is 46.3. The van der Waals surface area contributed by atoms with Crippen molar-refractivity contribution < 1.29 is 32.2 Å². The molecule has 0 aliphatic carbocycles. The zero-order valence-corrected chi connectivity index (χ0v) is 14.6. The lowest BCUT2D eigenvalue weighted by Crippen LogP contribution is -2.37. The summed E-state index contributed by atoms with van der Waals surface area (Å²) in [6.07, 6.45) is -2.99. The molecule has 1 atom stereocenters. The Morgan fingerprint density at radius 3 is 2.74 bits per heavy atom. The molecule has 2 heterocycles. The lowest BCUT2D eigenvalue weighted by molar-refractivity contribution is -0.274. The number of nitrogens with one attached hydrogen (secondary N) is 1. The molecular weight excluding hydrogens is 365 g/mol. The van der Waals surface area contributed by atoms with E-state index in [0.717, 1.165) is 25.0 Å². The number of anilines is 1. The highest BCUT2D eigenvalue weighted by Gasteiger charge is 2.36. The van der Waals surface area contributed by atoms with Crippen molar-refractivity contribution in [2.24, 2.45) is 11.8 Å². The average Bonchev–Trinajstić information content (AvgIpc) is 3.01. The van der Waals surface area contributed by atoms with E-state index >= 15 is 0 Å². The first-order valence-corrected chi connectivity index (χ1v) is 8.83. The van der Waals surface area contributed by atoms with Gasteiger partial charge >= 0.3 is 6.36 Å². The second-order valence-corrected chi connectivity index (χ2v) is 6.75. The van der Waals surface area contributed by atoms with Crippen LogP contribution in [0.4, 0.5) is 18.9 Å². The third-order valence-electron chi connectivity index (χ3n) is 4.76. The van der Waals surface area contributed by atoms with Crippen LogP contribution in [-0.2, 0) is 14.3 Å². The Hall–Kier alpha value is -2.29. The predicted octanol–water partition coefficient (Wildman–Crippen LogP) is 2.48. The smallest absolute Gasteiger partial charge is 0.406 e. The molecule has 0 unspecified atom stereocenters. The molecule has 0 radical (unpaired) electrons. The summed E-state index contributed by atoms with van der Waals surface area (Å²) in [5.41, 5.74) is 0.279. The fraction of sp³-hybridized carbons (Fsp3) is 0.556. The molecule has 0 aromatic heterocycles. The van der Waals surface area contributed by atoms with E-state index in [0.29, 0.717) is 25.7 Å². The number of rotatable bonds is 5. The molecule has 0 saturated carbocycles. The largest absolute Gasteiger partial charge is 0.573 e. The average molecular weight is 386 g/mol. The zero-order chi connectivity index (χ0) is 19.4. The highest BCUT2D eigenvalue weighted by Crippen LogP contribution is 2.30. The van der Waals surface area contributed by atoms with Gasteiger partial charge in [-0.3, -0.25) is 9.59 Å². The van der Waals surface area contributed by atoms with Gasteiger partial charge in [-0.15, -0.1) is 13.2 Å². The van der Waals surface area contributed by atoms with Crippen LogP contribution in [0.25, 0.3) is 0 Å². The molecule has 1 aromatic rings. The molecule has 27 heavy (non-hydrogen) atoms. The number of halogens is 3. The van der Waals surface area contributed by atoms with Crippen molar-refractivity contribution in [1.29, 1.82) is 0 Å². The molecule has 2 amide bonds. The monoisotopic (exact) mass is 386 g/mol. The van der Waals surface area contributed by atoms with Gasteiger partial charge in [0.25, 0.3) is 0 Å². The summed E-state index contributed by atoms with van der Waals surface area (Å²) in [6, 6.07) is 5.20. The first-order chi connectivity index (χ1) is 12.8. The number of alkyl halides is 3. The van der Waals surface area contributed by atoms with Gasteiger partial charge in [-0.1, -0.05) is 6.07 Å². The molecular formula is C18H21F3N2O4. The number of amides is 2. The van der Waals surface area contributed by atoms with Gasteiger partial charge < -0.3 is 19.7 Å². The molecule has 2 fully saturated rings.